The molecule has 100 valence electrons. The first kappa shape index (κ1) is 13.4. The van der Waals surface area contributed by atoms with Crippen LogP contribution in [0.25, 0.3) is 10.8 Å². The van der Waals surface area contributed by atoms with Crippen LogP contribution in [0.2, 0.25) is 0 Å². The molecule has 0 bridgehead atoms. The molecule has 0 amide bonds. The molecule has 0 spiro atoms. The van der Waals surface area contributed by atoms with Crippen molar-refractivity contribution >= 4 is 16.7 Å². The van der Waals surface area contributed by atoms with Crippen molar-refractivity contribution in [1.82, 2.24) is 0 Å². The molecule has 0 unspecified atom stereocenters. The molecule has 0 aliphatic heterocycles. The minimum absolute atomic E-state index is 0.0334. The number of hydrogen-bond donors (Lipinski definition) is 2. The van der Waals surface area contributed by atoms with Gasteiger partial charge < -0.3 is 14.9 Å². The third-order valence-corrected chi connectivity index (χ3v) is 2.66. The average Bonchev–Trinajstić information content (AvgIpc) is 2.34. The topological polar surface area (TPSA) is 66.8 Å². The highest BCUT2D eigenvalue weighted by Gasteiger charge is 2.17. The Kier molecular flexibility index (Phi) is 3.44. The Morgan fingerprint density at radius 1 is 1.21 bits per heavy atom. The molecular formula is C15H16O4. The van der Waals surface area contributed by atoms with Gasteiger partial charge in [0.1, 0.15) is 17.9 Å². The molecule has 0 radical (unpaired) electrons. The lowest BCUT2D eigenvalue weighted by atomic mass is 10.1. The van der Waals surface area contributed by atoms with Crippen molar-refractivity contribution in [3.05, 3.63) is 42.0 Å². The summed E-state index contributed by atoms with van der Waals surface area (Å²) in [5.74, 6) is -0.773. The van der Waals surface area contributed by atoms with Crippen molar-refractivity contribution in [3.63, 3.8) is 0 Å². The summed E-state index contributed by atoms with van der Waals surface area (Å²) in [7, 11) is 0. The Morgan fingerprint density at radius 3 is 2.32 bits per heavy atom. The summed E-state index contributed by atoms with van der Waals surface area (Å²) in [6.07, 6.45) is 0. The highest BCUT2D eigenvalue weighted by atomic mass is 16.5. The van der Waals surface area contributed by atoms with Gasteiger partial charge in [0.2, 0.25) is 0 Å². The van der Waals surface area contributed by atoms with E-state index in [1.165, 1.54) is 0 Å². The molecule has 4 heteroatoms. The van der Waals surface area contributed by atoms with Gasteiger partial charge in [-0.15, -0.1) is 0 Å². The number of benzene rings is 2. The molecule has 0 aliphatic rings. The van der Waals surface area contributed by atoms with Crippen molar-refractivity contribution in [2.45, 2.75) is 19.4 Å². The van der Waals surface area contributed by atoms with Gasteiger partial charge in [0.25, 0.3) is 0 Å². The fraction of sp³-hybridized carbons (Fsp3) is 0.267. The minimum atomic E-state index is -1.04. The molecule has 2 rings (SSSR count). The summed E-state index contributed by atoms with van der Waals surface area (Å²) in [5, 5.41) is 20.6. The summed E-state index contributed by atoms with van der Waals surface area (Å²) in [5.41, 5.74) is -0.913. The summed E-state index contributed by atoms with van der Waals surface area (Å²) >= 11 is 0. The van der Waals surface area contributed by atoms with Crippen LogP contribution in [0, 0.1) is 0 Å². The van der Waals surface area contributed by atoms with Crippen LogP contribution in [0.15, 0.2) is 36.4 Å². The fourth-order valence-corrected chi connectivity index (χ4v) is 1.76. The first-order chi connectivity index (χ1) is 8.87. The number of aliphatic hydroxyl groups is 1. The van der Waals surface area contributed by atoms with Gasteiger partial charge in [-0.25, -0.2) is 4.79 Å². The van der Waals surface area contributed by atoms with Gasteiger partial charge in [-0.2, -0.15) is 0 Å². The van der Waals surface area contributed by atoms with Gasteiger partial charge in [0.05, 0.1) is 5.60 Å². The van der Waals surface area contributed by atoms with Crippen LogP contribution >= 0.6 is 0 Å². The predicted molar refractivity (Wildman–Crippen MR) is 72.7 cm³/mol. The predicted octanol–water partition coefficient (Wildman–Crippen LogP) is 2.69. The van der Waals surface area contributed by atoms with E-state index in [0.717, 1.165) is 10.8 Å². The molecule has 0 aliphatic carbocycles. The second-order valence-corrected chi connectivity index (χ2v) is 5.10. The third-order valence-electron chi connectivity index (χ3n) is 2.66. The zero-order chi connectivity index (χ0) is 14.0. The van der Waals surface area contributed by atoms with Crippen molar-refractivity contribution in [1.29, 1.82) is 0 Å². The van der Waals surface area contributed by atoms with E-state index in [9.17, 15) is 15.0 Å². The molecule has 0 atom stereocenters. The van der Waals surface area contributed by atoms with Gasteiger partial charge in [0, 0.05) is 0 Å². The van der Waals surface area contributed by atoms with E-state index >= 15 is 0 Å². The maximum atomic E-state index is 11.2. The smallest absolute Gasteiger partial charge is 0.339 e. The number of ether oxygens (including phenoxy) is 1. The second kappa shape index (κ2) is 4.90. The van der Waals surface area contributed by atoms with Crippen LogP contribution in [0.4, 0.5) is 0 Å². The largest absolute Gasteiger partial charge is 0.490 e. The van der Waals surface area contributed by atoms with E-state index in [0.29, 0.717) is 0 Å². The number of carboxylic acids is 1. The number of aromatic carboxylic acids is 1. The fourth-order valence-electron chi connectivity index (χ4n) is 1.76. The monoisotopic (exact) mass is 260 g/mol. The lowest BCUT2D eigenvalue weighted by Gasteiger charge is -2.19. The van der Waals surface area contributed by atoms with Crippen molar-refractivity contribution in [3.8, 4) is 5.75 Å². The number of rotatable bonds is 4. The first-order valence-electron chi connectivity index (χ1n) is 5.98. The molecule has 2 aromatic rings. The molecule has 2 N–H and O–H groups in total. The van der Waals surface area contributed by atoms with E-state index in [4.69, 9.17) is 4.74 Å². The Balaban J connectivity index is 2.45. The maximum Gasteiger partial charge on any atom is 0.339 e. The van der Waals surface area contributed by atoms with Gasteiger partial charge >= 0.3 is 5.97 Å². The zero-order valence-corrected chi connectivity index (χ0v) is 10.9. The quantitative estimate of drug-likeness (QED) is 0.887. The standard InChI is InChI=1S/C15H16O4/c1-15(2,18)9-19-13-8-11-6-4-3-5-10(11)7-12(13)14(16)17/h3-8,18H,9H2,1-2H3,(H,16,17). The molecular weight excluding hydrogens is 244 g/mol. The third kappa shape index (κ3) is 3.23. The highest BCUT2D eigenvalue weighted by molar-refractivity contribution is 5.97. The van der Waals surface area contributed by atoms with E-state index in [2.05, 4.69) is 0 Å². The van der Waals surface area contributed by atoms with Crippen LogP contribution in [-0.4, -0.2) is 28.4 Å². The van der Waals surface area contributed by atoms with Crippen molar-refractivity contribution < 1.29 is 19.7 Å². The molecule has 19 heavy (non-hydrogen) atoms. The number of carboxylic acid groups (broad SMARTS) is 1. The van der Waals surface area contributed by atoms with Crippen LogP contribution in [0.1, 0.15) is 24.2 Å². The van der Waals surface area contributed by atoms with E-state index in [-0.39, 0.29) is 17.9 Å². The first-order valence-corrected chi connectivity index (χ1v) is 5.98. The lowest BCUT2D eigenvalue weighted by Crippen LogP contribution is -2.28. The number of hydrogen-bond acceptors (Lipinski definition) is 3. The maximum absolute atomic E-state index is 11.2. The van der Waals surface area contributed by atoms with Gasteiger partial charge in [-0.3, -0.25) is 0 Å². The summed E-state index contributed by atoms with van der Waals surface area (Å²) in [6.45, 7) is 3.24. The Labute approximate surface area is 111 Å². The molecule has 0 fully saturated rings. The van der Waals surface area contributed by atoms with Crippen molar-refractivity contribution in [2.24, 2.45) is 0 Å². The van der Waals surface area contributed by atoms with Crippen LogP contribution in [-0.2, 0) is 0 Å². The molecule has 2 aromatic carbocycles. The summed E-state index contributed by atoms with van der Waals surface area (Å²) in [6, 6.07) is 10.7. The molecule has 4 nitrogen and oxygen atoms in total. The number of fused-ring (bicyclic) bond motifs is 1. The Hall–Kier alpha value is -2.07. The molecule has 0 heterocycles. The van der Waals surface area contributed by atoms with Gasteiger partial charge in [-0.05, 0) is 36.8 Å². The van der Waals surface area contributed by atoms with Crippen LogP contribution in [0.3, 0.4) is 0 Å². The zero-order valence-electron chi connectivity index (χ0n) is 10.9. The average molecular weight is 260 g/mol. The SMILES string of the molecule is CC(C)(O)COc1cc2ccccc2cc1C(=O)O. The molecule has 0 saturated heterocycles. The summed E-state index contributed by atoms with van der Waals surface area (Å²) in [4.78, 5) is 11.2. The summed E-state index contributed by atoms with van der Waals surface area (Å²) < 4.78 is 5.44. The van der Waals surface area contributed by atoms with Crippen LogP contribution in [0.5, 0.6) is 5.75 Å². The Morgan fingerprint density at radius 2 is 1.79 bits per heavy atom. The normalized spacial score (nSPS) is 11.5. The van der Waals surface area contributed by atoms with Crippen molar-refractivity contribution in [2.75, 3.05) is 6.61 Å². The second-order valence-electron chi connectivity index (χ2n) is 5.10. The highest BCUT2D eigenvalue weighted by Crippen LogP contribution is 2.26. The lowest BCUT2D eigenvalue weighted by molar-refractivity contribution is 0.0276. The minimum Gasteiger partial charge on any atom is -0.490 e. The molecule has 0 aromatic heterocycles. The van der Waals surface area contributed by atoms with Gasteiger partial charge in [0.15, 0.2) is 0 Å². The number of carbonyl (C=O) groups is 1. The van der Waals surface area contributed by atoms with Gasteiger partial charge in [-0.1, -0.05) is 24.3 Å². The van der Waals surface area contributed by atoms with E-state index in [1.54, 1.807) is 26.0 Å². The molecule has 0 saturated carbocycles. The van der Waals surface area contributed by atoms with E-state index < -0.39 is 11.6 Å². The Bertz CT molecular complexity index is 611. The van der Waals surface area contributed by atoms with E-state index in [1.807, 2.05) is 24.3 Å². The van der Waals surface area contributed by atoms with Crippen LogP contribution < -0.4 is 4.74 Å².